The second-order valence-corrected chi connectivity index (χ2v) is 7.26. The number of aromatic nitrogens is 2. The Morgan fingerprint density at radius 2 is 1.96 bits per heavy atom. The van der Waals surface area contributed by atoms with Gasteiger partial charge in [0.1, 0.15) is 5.52 Å². The van der Waals surface area contributed by atoms with Gasteiger partial charge in [-0.3, -0.25) is 4.98 Å². The SMILES string of the molecule is Cc1cccnc1C[C@H](C)NC(=O)N1CCN(c2nc3ccccc3o2)CC1. The Balaban J connectivity index is 1.30. The maximum absolute atomic E-state index is 12.6. The normalized spacial score (nSPS) is 15.6. The summed E-state index contributed by atoms with van der Waals surface area (Å²) in [5.41, 5.74) is 3.82. The molecule has 2 amide bonds. The molecule has 1 aliphatic rings. The van der Waals surface area contributed by atoms with Gasteiger partial charge < -0.3 is 19.5 Å². The molecule has 0 unspecified atom stereocenters. The fraction of sp³-hybridized carbons (Fsp3) is 0.381. The van der Waals surface area contributed by atoms with Gasteiger partial charge in [-0.25, -0.2) is 4.79 Å². The van der Waals surface area contributed by atoms with Gasteiger partial charge in [0.2, 0.25) is 0 Å². The van der Waals surface area contributed by atoms with E-state index in [-0.39, 0.29) is 12.1 Å². The van der Waals surface area contributed by atoms with Gasteiger partial charge in [0.05, 0.1) is 0 Å². The summed E-state index contributed by atoms with van der Waals surface area (Å²) < 4.78 is 5.83. The summed E-state index contributed by atoms with van der Waals surface area (Å²) in [6.45, 7) is 6.74. The van der Waals surface area contributed by atoms with Crippen LogP contribution in [0.2, 0.25) is 0 Å². The van der Waals surface area contributed by atoms with Crippen molar-refractivity contribution >= 4 is 23.1 Å². The molecule has 28 heavy (non-hydrogen) atoms. The van der Waals surface area contributed by atoms with Crippen molar-refractivity contribution in [2.24, 2.45) is 0 Å². The average Bonchev–Trinajstić information content (AvgIpc) is 3.14. The molecular formula is C21H25N5O2. The minimum atomic E-state index is -0.0294. The van der Waals surface area contributed by atoms with Crippen molar-refractivity contribution < 1.29 is 9.21 Å². The van der Waals surface area contributed by atoms with E-state index in [1.165, 1.54) is 0 Å². The summed E-state index contributed by atoms with van der Waals surface area (Å²) in [6, 6.07) is 12.3. The third-order valence-electron chi connectivity index (χ3n) is 5.11. The molecule has 0 bridgehead atoms. The molecule has 0 spiro atoms. The standard InChI is InChI=1S/C21H25N5O2/c1-15-6-5-9-22-18(15)14-16(2)23-20(27)25-10-12-26(13-11-25)21-24-17-7-3-4-8-19(17)28-21/h3-9,16H,10-14H2,1-2H3,(H,23,27)/t16-/m0/s1. The molecule has 1 fully saturated rings. The molecule has 3 heterocycles. The zero-order chi connectivity index (χ0) is 19.5. The number of benzene rings is 1. The molecule has 7 heteroatoms. The van der Waals surface area contributed by atoms with Crippen LogP contribution in [0.3, 0.4) is 0 Å². The number of nitrogens with zero attached hydrogens (tertiary/aromatic N) is 4. The Labute approximate surface area is 164 Å². The first-order valence-electron chi connectivity index (χ1n) is 9.66. The number of hydrogen-bond donors (Lipinski definition) is 1. The minimum Gasteiger partial charge on any atom is -0.423 e. The van der Waals surface area contributed by atoms with Crippen molar-refractivity contribution in [2.75, 3.05) is 31.1 Å². The fourth-order valence-corrected chi connectivity index (χ4v) is 3.47. The molecule has 4 rings (SSSR count). The molecule has 2 aromatic heterocycles. The molecular weight excluding hydrogens is 354 g/mol. The molecule has 1 saturated heterocycles. The summed E-state index contributed by atoms with van der Waals surface area (Å²) in [4.78, 5) is 25.5. The molecule has 7 nitrogen and oxygen atoms in total. The number of hydrogen-bond acceptors (Lipinski definition) is 5. The highest BCUT2D eigenvalue weighted by Crippen LogP contribution is 2.22. The van der Waals surface area contributed by atoms with Crippen molar-refractivity contribution in [1.29, 1.82) is 0 Å². The van der Waals surface area contributed by atoms with E-state index in [1.807, 2.05) is 55.1 Å². The number of rotatable bonds is 4. The maximum atomic E-state index is 12.6. The minimum absolute atomic E-state index is 0.0242. The Bertz CT molecular complexity index is 929. The quantitative estimate of drug-likeness (QED) is 0.754. The highest BCUT2D eigenvalue weighted by Gasteiger charge is 2.24. The van der Waals surface area contributed by atoms with E-state index in [2.05, 4.69) is 20.2 Å². The average molecular weight is 379 g/mol. The first-order chi connectivity index (χ1) is 13.6. The summed E-state index contributed by atoms with van der Waals surface area (Å²) in [7, 11) is 0. The van der Waals surface area contributed by atoms with Gasteiger partial charge in [0, 0.05) is 50.5 Å². The first-order valence-corrected chi connectivity index (χ1v) is 9.66. The highest BCUT2D eigenvalue weighted by molar-refractivity contribution is 5.75. The van der Waals surface area contributed by atoms with Gasteiger partial charge in [-0.05, 0) is 37.6 Å². The molecule has 0 aliphatic carbocycles. The van der Waals surface area contributed by atoms with Crippen LogP contribution in [-0.4, -0.2) is 53.1 Å². The fourth-order valence-electron chi connectivity index (χ4n) is 3.47. The van der Waals surface area contributed by atoms with Gasteiger partial charge >= 0.3 is 6.03 Å². The maximum Gasteiger partial charge on any atom is 0.317 e. The van der Waals surface area contributed by atoms with Crippen LogP contribution in [0.1, 0.15) is 18.2 Å². The van der Waals surface area contributed by atoms with Crippen LogP contribution in [-0.2, 0) is 6.42 Å². The van der Waals surface area contributed by atoms with Gasteiger partial charge in [-0.1, -0.05) is 18.2 Å². The van der Waals surface area contributed by atoms with Gasteiger partial charge in [0.25, 0.3) is 6.01 Å². The Hall–Kier alpha value is -3.09. The third-order valence-corrected chi connectivity index (χ3v) is 5.11. The summed E-state index contributed by atoms with van der Waals surface area (Å²) in [5.74, 6) is 0. The number of para-hydroxylation sites is 2. The predicted molar refractivity (Wildman–Crippen MR) is 108 cm³/mol. The molecule has 146 valence electrons. The number of amides is 2. The van der Waals surface area contributed by atoms with Gasteiger partial charge in [0.15, 0.2) is 5.58 Å². The Morgan fingerprint density at radius 3 is 2.71 bits per heavy atom. The van der Waals surface area contributed by atoms with E-state index in [1.54, 1.807) is 6.20 Å². The zero-order valence-electron chi connectivity index (χ0n) is 16.3. The Kier molecular flexibility index (Phi) is 5.14. The lowest BCUT2D eigenvalue weighted by Gasteiger charge is -2.34. The second kappa shape index (κ2) is 7.88. The smallest absolute Gasteiger partial charge is 0.317 e. The molecule has 1 atom stereocenters. The molecule has 1 N–H and O–H groups in total. The number of nitrogens with one attached hydrogen (secondary N) is 1. The van der Waals surface area contributed by atoms with Crippen LogP contribution >= 0.6 is 0 Å². The number of aryl methyl sites for hydroxylation is 1. The van der Waals surface area contributed by atoms with Crippen molar-refractivity contribution in [3.63, 3.8) is 0 Å². The van der Waals surface area contributed by atoms with Crippen LogP contribution < -0.4 is 10.2 Å². The lowest BCUT2D eigenvalue weighted by atomic mass is 10.1. The van der Waals surface area contributed by atoms with E-state index in [0.29, 0.717) is 32.2 Å². The second-order valence-electron chi connectivity index (χ2n) is 7.26. The van der Waals surface area contributed by atoms with Crippen LogP contribution in [0.25, 0.3) is 11.1 Å². The molecule has 1 aromatic carbocycles. The van der Waals surface area contributed by atoms with Crippen molar-refractivity contribution in [2.45, 2.75) is 26.3 Å². The number of carbonyl (C=O) groups is 1. The Morgan fingerprint density at radius 1 is 1.18 bits per heavy atom. The van der Waals surface area contributed by atoms with Gasteiger partial charge in [-0.2, -0.15) is 4.98 Å². The summed E-state index contributed by atoms with van der Waals surface area (Å²) in [5, 5.41) is 3.09. The molecule has 0 radical (unpaired) electrons. The van der Waals surface area contributed by atoms with E-state index >= 15 is 0 Å². The summed E-state index contributed by atoms with van der Waals surface area (Å²) >= 11 is 0. The highest BCUT2D eigenvalue weighted by atomic mass is 16.4. The van der Waals surface area contributed by atoms with Crippen LogP contribution in [0.5, 0.6) is 0 Å². The number of fused-ring (bicyclic) bond motifs is 1. The number of urea groups is 1. The van der Waals surface area contributed by atoms with Crippen LogP contribution in [0.15, 0.2) is 47.0 Å². The third kappa shape index (κ3) is 3.93. The largest absolute Gasteiger partial charge is 0.423 e. The monoisotopic (exact) mass is 379 g/mol. The van der Waals surface area contributed by atoms with Crippen molar-refractivity contribution in [1.82, 2.24) is 20.2 Å². The van der Waals surface area contributed by atoms with Crippen LogP contribution in [0, 0.1) is 6.92 Å². The lowest BCUT2D eigenvalue weighted by molar-refractivity contribution is 0.190. The number of carbonyl (C=O) groups excluding carboxylic acids is 1. The number of piperazine rings is 1. The molecule has 0 saturated carbocycles. The van der Waals surface area contributed by atoms with E-state index in [9.17, 15) is 4.79 Å². The summed E-state index contributed by atoms with van der Waals surface area (Å²) in [6.07, 6.45) is 2.52. The number of anilines is 1. The first kappa shape index (κ1) is 18.3. The number of pyridine rings is 1. The van der Waals surface area contributed by atoms with E-state index < -0.39 is 0 Å². The van der Waals surface area contributed by atoms with E-state index in [4.69, 9.17) is 4.42 Å². The van der Waals surface area contributed by atoms with E-state index in [0.717, 1.165) is 28.8 Å². The zero-order valence-corrected chi connectivity index (χ0v) is 16.3. The van der Waals surface area contributed by atoms with Crippen molar-refractivity contribution in [3.05, 3.63) is 53.9 Å². The van der Waals surface area contributed by atoms with Crippen LogP contribution in [0.4, 0.5) is 10.8 Å². The lowest BCUT2D eigenvalue weighted by Crippen LogP contribution is -2.53. The number of oxazole rings is 1. The molecule has 3 aromatic rings. The van der Waals surface area contributed by atoms with Crippen molar-refractivity contribution in [3.8, 4) is 0 Å². The topological polar surface area (TPSA) is 74.5 Å². The predicted octanol–water partition coefficient (Wildman–Crippen LogP) is 2.99. The molecule has 1 aliphatic heterocycles. The van der Waals surface area contributed by atoms with Gasteiger partial charge in [-0.15, -0.1) is 0 Å².